The van der Waals surface area contributed by atoms with E-state index in [0.29, 0.717) is 5.56 Å². The fraction of sp³-hybridized carbons (Fsp3) is 0.500. The predicted octanol–water partition coefficient (Wildman–Crippen LogP) is 2.31. The van der Waals surface area contributed by atoms with Crippen LogP contribution in [0, 0.1) is 6.92 Å². The van der Waals surface area contributed by atoms with Gasteiger partial charge in [-0.1, -0.05) is 12.1 Å². The lowest BCUT2D eigenvalue weighted by molar-refractivity contribution is 0.0697. The van der Waals surface area contributed by atoms with E-state index in [9.17, 15) is 9.90 Å². The molecule has 4 nitrogen and oxygen atoms in total. The molecule has 1 aliphatic rings. The number of nitrogens with zero attached hydrogens (tertiary/aromatic N) is 1. The van der Waals surface area contributed by atoms with Crippen molar-refractivity contribution in [2.24, 2.45) is 0 Å². The lowest BCUT2D eigenvalue weighted by Gasteiger charge is -2.25. The molecule has 1 atom stereocenters. The second-order valence-electron chi connectivity index (χ2n) is 4.79. The van der Waals surface area contributed by atoms with Crippen LogP contribution in [-0.2, 0) is 4.74 Å². The molecule has 1 fully saturated rings. The van der Waals surface area contributed by atoms with E-state index in [0.717, 1.165) is 37.2 Å². The second kappa shape index (κ2) is 5.40. The maximum atomic E-state index is 11.3. The van der Waals surface area contributed by atoms with Crippen LogP contribution in [0.3, 0.4) is 0 Å². The summed E-state index contributed by atoms with van der Waals surface area (Å²) >= 11 is 0. The lowest BCUT2D eigenvalue weighted by atomic mass is 10.1. The van der Waals surface area contributed by atoms with Crippen molar-refractivity contribution in [3.05, 3.63) is 29.3 Å². The van der Waals surface area contributed by atoms with Gasteiger partial charge in [0.1, 0.15) is 0 Å². The molecule has 1 unspecified atom stereocenters. The normalized spacial score (nSPS) is 18.9. The molecule has 4 heteroatoms. The smallest absolute Gasteiger partial charge is 0.337 e. The van der Waals surface area contributed by atoms with E-state index < -0.39 is 5.97 Å². The Hall–Kier alpha value is -1.55. The van der Waals surface area contributed by atoms with Crippen LogP contribution in [-0.4, -0.2) is 37.4 Å². The number of hydrogen-bond donors (Lipinski definition) is 1. The highest BCUT2D eigenvalue weighted by molar-refractivity contribution is 5.95. The van der Waals surface area contributed by atoms with E-state index in [1.807, 2.05) is 24.9 Å². The van der Waals surface area contributed by atoms with Crippen molar-refractivity contribution in [3.63, 3.8) is 0 Å². The quantitative estimate of drug-likeness (QED) is 0.889. The highest BCUT2D eigenvalue weighted by Crippen LogP contribution is 2.25. The van der Waals surface area contributed by atoms with Gasteiger partial charge < -0.3 is 14.7 Å². The first kappa shape index (κ1) is 12.9. The Labute approximate surface area is 107 Å². The zero-order chi connectivity index (χ0) is 13.1. The summed E-state index contributed by atoms with van der Waals surface area (Å²) in [7, 11) is 1.93. The topological polar surface area (TPSA) is 49.8 Å². The minimum atomic E-state index is -0.882. The Morgan fingerprint density at radius 2 is 2.33 bits per heavy atom. The van der Waals surface area contributed by atoms with E-state index in [4.69, 9.17) is 4.74 Å². The van der Waals surface area contributed by atoms with E-state index >= 15 is 0 Å². The van der Waals surface area contributed by atoms with E-state index in [1.54, 1.807) is 12.1 Å². The predicted molar refractivity (Wildman–Crippen MR) is 70.4 cm³/mol. The molecule has 0 radical (unpaired) electrons. The first-order valence-electron chi connectivity index (χ1n) is 6.25. The van der Waals surface area contributed by atoms with Crippen LogP contribution in [0.15, 0.2) is 18.2 Å². The Kier molecular flexibility index (Phi) is 3.87. The molecular formula is C14H19NO3. The minimum absolute atomic E-state index is 0.219. The zero-order valence-corrected chi connectivity index (χ0v) is 10.8. The fourth-order valence-electron chi connectivity index (χ4n) is 2.52. The van der Waals surface area contributed by atoms with Crippen LogP contribution >= 0.6 is 0 Å². The van der Waals surface area contributed by atoms with Crippen LogP contribution in [0.2, 0.25) is 0 Å². The summed E-state index contributed by atoms with van der Waals surface area (Å²) in [6, 6.07) is 5.37. The largest absolute Gasteiger partial charge is 0.478 e. The number of rotatable bonds is 4. The molecule has 1 saturated heterocycles. The standard InChI is InChI=1S/C14H19NO3/c1-10-5-3-7-12(14(16)17)13(10)15(2)9-11-6-4-8-18-11/h3,5,7,11H,4,6,8-9H2,1-2H3,(H,16,17). The molecule has 0 saturated carbocycles. The Balaban J connectivity index is 2.22. The molecule has 18 heavy (non-hydrogen) atoms. The molecule has 2 rings (SSSR count). The Morgan fingerprint density at radius 1 is 1.56 bits per heavy atom. The highest BCUT2D eigenvalue weighted by atomic mass is 16.5. The van der Waals surface area contributed by atoms with Crippen molar-refractivity contribution in [2.75, 3.05) is 25.1 Å². The van der Waals surface area contributed by atoms with Crippen LogP contribution < -0.4 is 4.90 Å². The number of aromatic carboxylic acids is 1. The molecule has 1 aliphatic heterocycles. The number of benzene rings is 1. The maximum Gasteiger partial charge on any atom is 0.337 e. The summed E-state index contributed by atoms with van der Waals surface area (Å²) in [4.78, 5) is 13.3. The van der Waals surface area contributed by atoms with Gasteiger partial charge in [-0.05, 0) is 31.4 Å². The molecule has 1 heterocycles. The van der Waals surface area contributed by atoms with Gasteiger partial charge in [0, 0.05) is 20.2 Å². The Bertz CT molecular complexity index is 439. The number of anilines is 1. The fourth-order valence-corrected chi connectivity index (χ4v) is 2.52. The summed E-state index contributed by atoms with van der Waals surface area (Å²) in [6.07, 6.45) is 2.37. The van der Waals surface area contributed by atoms with Crippen molar-refractivity contribution in [3.8, 4) is 0 Å². The summed E-state index contributed by atoms with van der Waals surface area (Å²) in [5.41, 5.74) is 2.13. The molecule has 0 bridgehead atoms. The van der Waals surface area contributed by atoms with Crippen LogP contribution in [0.5, 0.6) is 0 Å². The Morgan fingerprint density at radius 3 is 2.94 bits per heavy atom. The van der Waals surface area contributed by atoms with Crippen LogP contribution in [0.4, 0.5) is 5.69 Å². The lowest BCUT2D eigenvalue weighted by Crippen LogP contribution is -2.30. The molecule has 1 aromatic rings. The molecular weight excluding hydrogens is 230 g/mol. The van der Waals surface area contributed by atoms with Gasteiger partial charge in [0.2, 0.25) is 0 Å². The number of carbonyl (C=O) groups is 1. The maximum absolute atomic E-state index is 11.3. The number of carboxylic acid groups (broad SMARTS) is 1. The molecule has 98 valence electrons. The SMILES string of the molecule is Cc1cccc(C(=O)O)c1N(C)CC1CCCO1. The van der Waals surface area contributed by atoms with E-state index in [-0.39, 0.29) is 6.10 Å². The van der Waals surface area contributed by atoms with Gasteiger partial charge in [-0.25, -0.2) is 4.79 Å². The third kappa shape index (κ3) is 2.64. The van der Waals surface area contributed by atoms with Gasteiger partial charge in [-0.15, -0.1) is 0 Å². The van der Waals surface area contributed by atoms with Gasteiger partial charge in [0.05, 0.1) is 17.4 Å². The summed E-state index contributed by atoms with van der Waals surface area (Å²) in [6.45, 7) is 3.50. The van der Waals surface area contributed by atoms with Crippen molar-refractivity contribution in [1.82, 2.24) is 0 Å². The molecule has 1 N–H and O–H groups in total. The number of ether oxygens (including phenoxy) is 1. The molecule has 1 aromatic carbocycles. The number of aryl methyl sites for hydroxylation is 1. The molecule has 0 aliphatic carbocycles. The zero-order valence-electron chi connectivity index (χ0n) is 10.8. The summed E-state index contributed by atoms with van der Waals surface area (Å²) in [5, 5.41) is 9.24. The highest BCUT2D eigenvalue weighted by Gasteiger charge is 2.21. The number of likely N-dealkylation sites (N-methyl/N-ethyl adjacent to an activating group) is 1. The third-order valence-electron chi connectivity index (χ3n) is 3.35. The van der Waals surface area contributed by atoms with Crippen LogP contribution in [0.25, 0.3) is 0 Å². The summed E-state index contributed by atoms with van der Waals surface area (Å²) in [5.74, 6) is -0.882. The van der Waals surface area contributed by atoms with Crippen molar-refractivity contribution in [2.45, 2.75) is 25.9 Å². The summed E-state index contributed by atoms with van der Waals surface area (Å²) < 4.78 is 5.60. The molecule has 0 aromatic heterocycles. The average Bonchev–Trinajstić information content (AvgIpc) is 2.81. The average molecular weight is 249 g/mol. The van der Waals surface area contributed by atoms with Crippen molar-refractivity contribution in [1.29, 1.82) is 0 Å². The third-order valence-corrected chi connectivity index (χ3v) is 3.35. The van der Waals surface area contributed by atoms with E-state index in [2.05, 4.69) is 0 Å². The number of para-hydroxylation sites is 1. The minimum Gasteiger partial charge on any atom is -0.478 e. The molecule has 0 amide bonds. The van der Waals surface area contributed by atoms with Gasteiger partial charge in [-0.3, -0.25) is 0 Å². The van der Waals surface area contributed by atoms with Gasteiger partial charge in [-0.2, -0.15) is 0 Å². The number of carboxylic acids is 1. The number of hydrogen-bond acceptors (Lipinski definition) is 3. The van der Waals surface area contributed by atoms with Gasteiger partial charge >= 0.3 is 5.97 Å². The first-order valence-corrected chi connectivity index (χ1v) is 6.25. The van der Waals surface area contributed by atoms with Crippen molar-refractivity contribution >= 4 is 11.7 Å². The van der Waals surface area contributed by atoms with Crippen LogP contribution in [0.1, 0.15) is 28.8 Å². The van der Waals surface area contributed by atoms with Crippen molar-refractivity contribution < 1.29 is 14.6 Å². The monoisotopic (exact) mass is 249 g/mol. The van der Waals surface area contributed by atoms with E-state index in [1.165, 1.54) is 0 Å². The van der Waals surface area contributed by atoms with Gasteiger partial charge in [0.15, 0.2) is 0 Å². The first-order chi connectivity index (χ1) is 8.59. The second-order valence-corrected chi connectivity index (χ2v) is 4.79. The molecule has 0 spiro atoms. The van der Waals surface area contributed by atoms with Gasteiger partial charge in [0.25, 0.3) is 0 Å².